The van der Waals surface area contributed by atoms with E-state index in [-0.39, 0.29) is 0 Å². The third kappa shape index (κ3) is 2.89. The molecule has 2 nitrogen and oxygen atoms in total. The molecule has 7 atom stereocenters. The fraction of sp³-hybridized carbons (Fsp3) is 0.667. The largest absolute Gasteiger partial charge is 0.390 e. The summed E-state index contributed by atoms with van der Waals surface area (Å²) in [4.78, 5) is 4.40. The molecule has 3 saturated carbocycles. The fourth-order valence-electron chi connectivity index (χ4n) is 8.31. The fourth-order valence-corrected chi connectivity index (χ4v) is 8.31. The Balaban J connectivity index is 1.40. The molecule has 0 saturated heterocycles. The van der Waals surface area contributed by atoms with E-state index in [1.165, 1.54) is 44.1 Å². The monoisotopic (exact) mass is 391 g/mol. The first-order chi connectivity index (χ1) is 13.9. The Kier molecular flexibility index (Phi) is 4.59. The predicted octanol–water partition coefficient (Wildman–Crippen LogP) is 6.42. The summed E-state index contributed by atoms with van der Waals surface area (Å²) in [6.07, 6.45) is 18.8. The van der Waals surface area contributed by atoms with Crippen LogP contribution in [0, 0.1) is 34.5 Å². The van der Waals surface area contributed by atoms with Gasteiger partial charge in [0.05, 0.1) is 5.60 Å². The van der Waals surface area contributed by atoms with Gasteiger partial charge in [0.25, 0.3) is 0 Å². The maximum absolute atomic E-state index is 11.1. The number of rotatable bonds is 3. The smallest absolute Gasteiger partial charge is 0.0685 e. The number of pyridine rings is 1. The van der Waals surface area contributed by atoms with Gasteiger partial charge in [0, 0.05) is 12.4 Å². The Morgan fingerprint density at radius 1 is 1.17 bits per heavy atom. The normalized spacial score (nSPS) is 46.2. The van der Waals surface area contributed by atoms with Crippen LogP contribution in [0.4, 0.5) is 0 Å². The summed E-state index contributed by atoms with van der Waals surface area (Å²) in [6, 6.07) is 4.33. The van der Waals surface area contributed by atoms with Crippen molar-refractivity contribution < 1.29 is 5.11 Å². The SMILES string of the molecule is C=CCC1(O)CC[C@@]2(C)C(CC[C@@H]3[C@@H]2CC[C@]2(C)C(c4cccnc4)=CC[C@@H]32)C1. The van der Waals surface area contributed by atoms with Crippen LogP contribution in [0.15, 0.2) is 43.3 Å². The number of nitrogens with zero attached hydrogens (tertiary/aromatic N) is 1. The first-order valence-electron chi connectivity index (χ1n) is 11.8. The summed E-state index contributed by atoms with van der Waals surface area (Å²) >= 11 is 0. The standard InChI is InChI=1S/C27H37NO/c1-4-12-27(29)15-14-25(2)20(17-27)7-8-21-23-10-9-22(19-6-5-16-28-18-19)26(23,3)13-11-24(21)25/h4-6,9,16,18,20-21,23-24,29H,1,7-8,10-15,17H2,2-3H3/t20?,21-,23-,24-,25-,26+,27?/m0/s1. The molecule has 1 aromatic rings. The van der Waals surface area contributed by atoms with E-state index in [1.807, 2.05) is 12.3 Å². The second-order valence-electron chi connectivity index (χ2n) is 11.1. The number of hydrogen-bond acceptors (Lipinski definition) is 2. The van der Waals surface area contributed by atoms with Crippen LogP contribution >= 0.6 is 0 Å². The van der Waals surface area contributed by atoms with Crippen LogP contribution in [0.25, 0.3) is 5.57 Å². The van der Waals surface area contributed by atoms with Crippen molar-refractivity contribution in [2.24, 2.45) is 34.5 Å². The molecule has 2 unspecified atom stereocenters. The minimum Gasteiger partial charge on any atom is -0.390 e. The molecule has 0 spiro atoms. The molecule has 156 valence electrons. The molecular formula is C27H37NO. The summed E-state index contributed by atoms with van der Waals surface area (Å²) in [5, 5.41) is 11.1. The van der Waals surface area contributed by atoms with Crippen LogP contribution in [-0.2, 0) is 0 Å². The van der Waals surface area contributed by atoms with Crippen molar-refractivity contribution in [2.45, 2.75) is 77.2 Å². The van der Waals surface area contributed by atoms with Crippen LogP contribution < -0.4 is 0 Å². The van der Waals surface area contributed by atoms with Gasteiger partial charge in [-0.15, -0.1) is 6.58 Å². The van der Waals surface area contributed by atoms with Crippen molar-refractivity contribution in [1.29, 1.82) is 0 Å². The van der Waals surface area contributed by atoms with Crippen molar-refractivity contribution >= 4 is 5.57 Å². The quantitative estimate of drug-likeness (QED) is 0.603. The molecule has 1 N–H and O–H groups in total. The summed E-state index contributed by atoms with van der Waals surface area (Å²) in [7, 11) is 0. The molecule has 0 amide bonds. The molecule has 3 fully saturated rings. The lowest BCUT2D eigenvalue weighted by molar-refractivity contribution is -0.142. The Labute approximate surface area is 176 Å². The zero-order valence-electron chi connectivity index (χ0n) is 18.2. The average molecular weight is 392 g/mol. The minimum atomic E-state index is -0.496. The van der Waals surface area contributed by atoms with Crippen molar-refractivity contribution in [3.63, 3.8) is 0 Å². The number of hydrogen-bond donors (Lipinski definition) is 1. The van der Waals surface area contributed by atoms with Gasteiger partial charge in [0.15, 0.2) is 0 Å². The summed E-state index contributed by atoms with van der Waals surface area (Å²) in [5.41, 5.74) is 3.12. The van der Waals surface area contributed by atoms with Crippen LogP contribution in [0.1, 0.15) is 77.2 Å². The first-order valence-corrected chi connectivity index (χ1v) is 11.8. The molecule has 0 bridgehead atoms. The summed E-state index contributed by atoms with van der Waals surface area (Å²) in [6.45, 7) is 9.01. The summed E-state index contributed by atoms with van der Waals surface area (Å²) in [5.74, 6) is 3.13. The molecule has 0 aromatic carbocycles. The number of aromatic nitrogens is 1. The lowest BCUT2D eigenvalue weighted by Gasteiger charge is -2.62. The molecule has 0 aliphatic heterocycles. The van der Waals surface area contributed by atoms with Crippen LogP contribution in [0.3, 0.4) is 0 Å². The highest BCUT2D eigenvalue weighted by molar-refractivity contribution is 5.72. The third-order valence-electron chi connectivity index (χ3n) is 9.90. The third-order valence-corrected chi connectivity index (χ3v) is 9.90. The van der Waals surface area contributed by atoms with Crippen molar-refractivity contribution in [1.82, 2.24) is 4.98 Å². The van der Waals surface area contributed by atoms with Crippen LogP contribution in [-0.4, -0.2) is 15.7 Å². The lowest BCUT2D eigenvalue weighted by Crippen LogP contribution is -2.55. The van der Waals surface area contributed by atoms with Crippen LogP contribution in [0.2, 0.25) is 0 Å². The molecule has 1 heterocycles. The van der Waals surface area contributed by atoms with Gasteiger partial charge in [0.1, 0.15) is 0 Å². The predicted molar refractivity (Wildman–Crippen MR) is 119 cm³/mol. The van der Waals surface area contributed by atoms with Crippen molar-refractivity contribution in [2.75, 3.05) is 0 Å². The number of allylic oxidation sites excluding steroid dienone is 2. The Morgan fingerprint density at radius 2 is 2.03 bits per heavy atom. The summed E-state index contributed by atoms with van der Waals surface area (Å²) < 4.78 is 0. The molecule has 4 aliphatic rings. The molecule has 29 heavy (non-hydrogen) atoms. The van der Waals surface area contributed by atoms with E-state index < -0.39 is 5.60 Å². The Morgan fingerprint density at radius 3 is 2.79 bits per heavy atom. The van der Waals surface area contributed by atoms with Gasteiger partial charge in [-0.3, -0.25) is 4.98 Å². The van der Waals surface area contributed by atoms with E-state index in [0.29, 0.717) is 16.7 Å². The minimum absolute atomic E-state index is 0.311. The van der Waals surface area contributed by atoms with Crippen molar-refractivity contribution in [3.8, 4) is 0 Å². The highest BCUT2D eigenvalue weighted by Gasteiger charge is 2.59. The molecule has 2 heteroatoms. The number of aliphatic hydroxyl groups is 1. The van der Waals surface area contributed by atoms with Gasteiger partial charge in [-0.05, 0) is 109 Å². The van der Waals surface area contributed by atoms with E-state index in [9.17, 15) is 5.11 Å². The second kappa shape index (κ2) is 6.80. The van der Waals surface area contributed by atoms with Gasteiger partial charge in [-0.2, -0.15) is 0 Å². The first kappa shape index (κ1) is 19.5. The molecule has 4 aliphatic carbocycles. The van der Waals surface area contributed by atoms with E-state index >= 15 is 0 Å². The van der Waals surface area contributed by atoms with Gasteiger partial charge >= 0.3 is 0 Å². The lowest BCUT2D eigenvalue weighted by atomic mass is 9.43. The van der Waals surface area contributed by atoms with Gasteiger partial charge < -0.3 is 5.11 Å². The Bertz CT molecular complexity index is 815. The molecular weight excluding hydrogens is 354 g/mol. The Hall–Kier alpha value is -1.41. The van der Waals surface area contributed by atoms with Gasteiger partial charge in [-0.25, -0.2) is 0 Å². The van der Waals surface area contributed by atoms with E-state index in [1.54, 1.807) is 5.57 Å². The molecule has 0 radical (unpaired) electrons. The van der Waals surface area contributed by atoms with E-state index in [0.717, 1.165) is 37.0 Å². The highest BCUT2D eigenvalue weighted by atomic mass is 16.3. The van der Waals surface area contributed by atoms with E-state index in [2.05, 4.69) is 49.8 Å². The topological polar surface area (TPSA) is 33.1 Å². The van der Waals surface area contributed by atoms with Crippen LogP contribution in [0.5, 0.6) is 0 Å². The van der Waals surface area contributed by atoms with Gasteiger partial charge in [-0.1, -0.05) is 32.1 Å². The molecule has 5 rings (SSSR count). The van der Waals surface area contributed by atoms with Crippen molar-refractivity contribution in [3.05, 3.63) is 48.8 Å². The van der Waals surface area contributed by atoms with E-state index in [4.69, 9.17) is 0 Å². The highest BCUT2D eigenvalue weighted by Crippen LogP contribution is 2.68. The maximum atomic E-state index is 11.1. The number of fused-ring (bicyclic) bond motifs is 5. The zero-order chi connectivity index (χ0) is 20.3. The maximum Gasteiger partial charge on any atom is 0.0685 e. The average Bonchev–Trinajstić information content (AvgIpc) is 3.07. The second-order valence-corrected chi connectivity index (χ2v) is 11.1. The molecule has 1 aromatic heterocycles. The van der Waals surface area contributed by atoms with Gasteiger partial charge in [0.2, 0.25) is 0 Å². The zero-order valence-corrected chi connectivity index (χ0v) is 18.2.